The van der Waals surface area contributed by atoms with Crippen molar-refractivity contribution in [3.8, 4) is 0 Å². The lowest BCUT2D eigenvalue weighted by atomic mass is 9.83. The minimum atomic E-state index is -0.255. The Kier molecular flexibility index (Phi) is 3.30. The molecule has 0 radical (unpaired) electrons. The predicted molar refractivity (Wildman–Crippen MR) is 87.7 cm³/mol. The highest BCUT2D eigenvalue weighted by atomic mass is 79.9. The fraction of sp³-hybridized carbons (Fsp3) is 0.278. The topological polar surface area (TPSA) is 29.1 Å². The first kappa shape index (κ1) is 13.9. The summed E-state index contributed by atoms with van der Waals surface area (Å²) in [6, 6.07) is 9.18. The summed E-state index contributed by atoms with van der Waals surface area (Å²) in [6.45, 7) is 0. The maximum atomic E-state index is 14.3. The number of hydrogen-bond donors (Lipinski definition) is 1. The minimum absolute atomic E-state index is 0.0465. The van der Waals surface area contributed by atoms with Gasteiger partial charge in [0.1, 0.15) is 5.82 Å². The van der Waals surface area contributed by atoms with Crippen LogP contribution in [-0.4, -0.2) is 5.91 Å². The average Bonchev–Trinajstić information content (AvgIpc) is 2.94. The summed E-state index contributed by atoms with van der Waals surface area (Å²) in [6.07, 6.45) is 3.58. The second-order valence-corrected chi connectivity index (χ2v) is 6.95. The van der Waals surface area contributed by atoms with Gasteiger partial charge in [-0.15, -0.1) is 0 Å². The van der Waals surface area contributed by atoms with Crippen LogP contribution in [0.1, 0.15) is 41.0 Å². The van der Waals surface area contributed by atoms with E-state index in [2.05, 4.69) is 33.4 Å². The molecule has 2 aliphatic rings. The molecule has 0 unspecified atom stereocenters. The number of halogens is 2. The van der Waals surface area contributed by atoms with Gasteiger partial charge in [-0.3, -0.25) is 4.79 Å². The number of anilines is 1. The van der Waals surface area contributed by atoms with Gasteiger partial charge in [-0.1, -0.05) is 22.0 Å². The number of benzene rings is 2. The summed E-state index contributed by atoms with van der Waals surface area (Å²) < 4.78 is 15.1. The molecule has 1 heterocycles. The van der Waals surface area contributed by atoms with Crippen LogP contribution in [-0.2, 0) is 17.6 Å². The number of nitrogens with one attached hydrogen (secondary N) is 1. The van der Waals surface area contributed by atoms with E-state index < -0.39 is 0 Å². The molecule has 0 bridgehead atoms. The SMILES string of the molecule is O=C1C[C@@H](c2cc(Br)ccc2F)c2cc3c(cc2N1)CCC3. The molecule has 2 aromatic carbocycles. The predicted octanol–water partition coefficient (Wildman–Crippen LogP) is 4.55. The Bertz CT molecular complexity index is 787. The highest BCUT2D eigenvalue weighted by Crippen LogP contribution is 2.41. The molecule has 0 saturated carbocycles. The number of amides is 1. The molecule has 2 nitrogen and oxygen atoms in total. The van der Waals surface area contributed by atoms with Gasteiger partial charge in [-0.25, -0.2) is 4.39 Å². The average molecular weight is 360 g/mol. The van der Waals surface area contributed by atoms with Crippen molar-refractivity contribution in [3.05, 3.63) is 62.9 Å². The van der Waals surface area contributed by atoms with Crippen LogP contribution in [0.3, 0.4) is 0 Å². The Hall–Kier alpha value is -1.68. The minimum Gasteiger partial charge on any atom is -0.326 e. The summed E-state index contributed by atoms with van der Waals surface area (Å²) in [5, 5.41) is 2.95. The van der Waals surface area contributed by atoms with E-state index >= 15 is 0 Å². The molecule has 4 rings (SSSR count). The smallest absolute Gasteiger partial charge is 0.225 e. The Balaban J connectivity index is 1.88. The summed E-state index contributed by atoms with van der Waals surface area (Å²) in [5.41, 5.74) is 5.13. The van der Waals surface area contributed by atoms with E-state index in [0.717, 1.165) is 35.0 Å². The molecular formula is C18H15BrFNO. The number of carbonyl (C=O) groups excluding carboxylic acids is 1. The Morgan fingerprint density at radius 3 is 2.68 bits per heavy atom. The van der Waals surface area contributed by atoms with Crippen LogP contribution in [0.2, 0.25) is 0 Å². The standard InChI is InChI=1S/C18H15BrFNO/c19-12-4-5-16(20)14(8-12)13-9-18(22)21-17-7-11-3-1-2-10(11)6-15(13)17/h4-8,13H,1-3,9H2,(H,21,22)/t13-/m0/s1. The number of fused-ring (bicyclic) bond motifs is 2. The third-order valence-corrected chi connectivity index (χ3v) is 5.13. The molecule has 2 aromatic rings. The first-order valence-corrected chi connectivity index (χ1v) is 8.31. The van der Waals surface area contributed by atoms with Gasteiger partial charge in [-0.2, -0.15) is 0 Å². The zero-order valence-corrected chi connectivity index (χ0v) is 13.5. The summed E-state index contributed by atoms with van der Waals surface area (Å²) in [5.74, 6) is -0.517. The van der Waals surface area contributed by atoms with Crippen LogP contribution >= 0.6 is 15.9 Å². The maximum Gasteiger partial charge on any atom is 0.225 e. The molecule has 0 fully saturated rings. The molecule has 0 aromatic heterocycles. The molecular weight excluding hydrogens is 345 g/mol. The van der Waals surface area contributed by atoms with E-state index in [1.54, 1.807) is 12.1 Å². The fourth-order valence-electron chi connectivity index (χ4n) is 3.60. The van der Waals surface area contributed by atoms with E-state index in [-0.39, 0.29) is 17.6 Å². The summed E-state index contributed by atoms with van der Waals surface area (Å²) in [7, 11) is 0. The van der Waals surface area contributed by atoms with Gasteiger partial charge in [0.25, 0.3) is 0 Å². The Morgan fingerprint density at radius 2 is 1.86 bits per heavy atom. The first-order valence-electron chi connectivity index (χ1n) is 7.52. The van der Waals surface area contributed by atoms with Crippen LogP contribution in [0.15, 0.2) is 34.8 Å². The molecule has 1 aliphatic carbocycles. The summed E-state index contributed by atoms with van der Waals surface area (Å²) in [4.78, 5) is 12.1. The zero-order chi connectivity index (χ0) is 15.3. The van der Waals surface area contributed by atoms with Crippen molar-refractivity contribution < 1.29 is 9.18 Å². The second kappa shape index (κ2) is 5.20. The van der Waals surface area contributed by atoms with Crippen LogP contribution in [0.5, 0.6) is 0 Å². The molecule has 1 atom stereocenters. The quantitative estimate of drug-likeness (QED) is 0.794. The van der Waals surface area contributed by atoms with Crippen molar-refractivity contribution in [3.63, 3.8) is 0 Å². The monoisotopic (exact) mass is 359 g/mol. The van der Waals surface area contributed by atoms with Gasteiger partial charge in [0, 0.05) is 22.5 Å². The maximum absolute atomic E-state index is 14.3. The van der Waals surface area contributed by atoms with E-state index in [1.807, 2.05) is 0 Å². The summed E-state index contributed by atoms with van der Waals surface area (Å²) >= 11 is 3.40. The lowest BCUT2D eigenvalue weighted by Gasteiger charge is -2.27. The zero-order valence-electron chi connectivity index (χ0n) is 12.0. The van der Waals surface area contributed by atoms with Crippen molar-refractivity contribution in [2.75, 3.05) is 5.32 Å². The fourth-order valence-corrected chi connectivity index (χ4v) is 3.97. The van der Waals surface area contributed by atoms with E-state index in [4.69, 9.17) is 0 Å². The molecule has 22 heavy (non-hydrogen) atoms. The van der Waals surface area contributed by atoms with Crippen molar-refractivity contribution >= 4 is 27.5 Å². The number of rotatable bonds is 1. The number of aryl methyl sites for hydroxylation is 2. The second-order valence-electron chi connectivity index (χ2n) is 6.03. The van der Waals surface area contributed by atoms with Crippen LogP contribution < -0.4 is 5.32 Å². The van der Waals surface area contributed by atoms with Crippen molar-refractivity contribution in [1.82, 2.24) is 0 Å². The van der Waals surface area contributed by atoms with Gasteiger partial charge in [0.05, 0.1) is 0 Å². The van der Waals surface area contributed by atoms with Gasteiger partial charge in [-0.05, 0) is 65.8 Å². The van der Waals surface area contributed by atoms with E-state index in [9.17, 15) is 9.18 Å². The Morgan fingerprint density at radius 1 is 1.09 bits per heavy atom. The number of hydrogen-bond acceptors (Lipinski definition) is 1. The largest absolute Gasteiger partial charge is 0.326 e. The molecule has 1 amide bonds. The van der Waals surface area contributed by atoms with E-state index in [0.29, 0.717) is 12.0 Å². The van der Waals surface area contributed by atoms with E-state index in [1.165, 1.54) is 17.2 Å². The molecule has 0 saturated heterocycles. The number of carbonyl (C=O) groups is 1. The third-order valence-electron chi connectivity index (χ3n) is 4.64. The molecule has 0 spiro atoms. The molecule has 112 valence electrons. The Labute approximate surface area is 136 Å². The van der Waals surface area contributed by atoms with Gasteiger partial charge in [0.15, 0.2) is 0 Å². The van der Waals surface area contributed by atoms with Gasteiger partial charge < -0.3 is 5.32 Å². The van der Waals surface area contributed by atoms with Crippen LogP contribution in [0, 0.1) is 5.82 Å². The normalized spacial score (nSPS) is 19.5. The van der Waals surface area contributed by atoms with Crippen LogP contribution in [0.25, 0.3) is 0 Å². The van der Waals surface area contributed by atoms with Crippen molar-refractivity contribution in [2.45, 2.75) is 31.6 Å². The highest BCUT2D eigenvalue weighted by Gasteiger charge is 2.30. The van der Waals surface area contributed by atoms with Gasteiger partial charge >= 0.3 is 0 Å². The van der Waals surface area contributed by atoms with Crippen molar-refractivity contribution in [2.24, 2.45) is 0 Å². The third kappa shape index (κ3) is 2.26. The molecule has 4 heteroatoms. The first-order chi connectivity index (χ1) is 10.6. The lowest BCUT2D eigenvalue weighted by Crippen LogP contribution is -2.24. The highest BCUT2D eigenvalue weighted by molar-refractivity contribution is 9.10. The van der Waals surface area contributed by atoms with Gasteiger partial charge in [0.2, 0.25) is 5.91 Å². The van der Waals surface area contributed by atoms with Crippen LogP contribution in [0.4, 0.5) is 10.1 Å². The van der Waals surface area contributed by atoms with Crippen molar-refractivity contribution in [1.29, 1.82) is 0 Å². The molecule has 1 N–H and O–H groups in total. The molecule has 1 aliphatic heterocycles. The lowest BCUT2D eigenvalue weighted by molar-refractivity contribution is -0.116.